The van der Waals surface area contributed by atoms with Crippen molar-refractivity contribution in [1.82, 2.24) is 4.98 Å². The van der Waals surface area contributed by atoms with E-state index in [1.165, 1.54) is 0 Å². The van der Waals surface area contributed by atoms with Crippen LogP contribution in [0.5, 0.6) is 0 Å². The van der Waals surface area contributed by atoms with Crippen molar-refractivity contribution in [1.29, 1.82) is 0 Å². The lowest BCUT2D eigenvalue weighted by Gasteiger charge is -2.23. The van der Waals surface area contributed by atoms with Gasteiger partial charge in [0.25, 0.3) is 5.91 Å². The Hall–Kier alpha value is -3.73. The Kier molecular flexibility index (Phi) is 6.22. The van der Waals surface area contributed by atoms with Gasteiger partial charge in [0.15, 0.2) is 0 Å². The fourth-order valence-corrected chi connectivity index (χ4v) is 3.94. The second kappa shape index (κ2) is 9.39. The van der Waals surface area contributed by atoms with Crippen molar-refractivity contribution < 1.29 is 14.7 Å². The van der Waals surface area contributed by atoms with E-state index in [-0.39, 0.29) is 12.3 Å². The lowest BCUT2D eigenvalue weighted by Crippen LogP contribution is -2.30. The second-order valence-electron chi connectivity index (χ2n) is 7.57. The summed E-state index contributed by atoms with van der Waals surface area (Å²) in [4.78, 5) is 30.5. The third-order valence-corrected chi connectivity index (χ3v) is 5.45. The molecule has 156 valence electrons. The first-order valence-corrected chi connectivity index (χ1v) is 10.5. The zero-order chi connectivity index (χ0) is 21.6. The Labute approximate surface area is 181 Å². The number of pyridine rings is 1. The molecule has 2 aromatic carbocycles. The van der Waals surface area contributed by atoms with Crippen LogP contribution in [0.2, 0.25) is 0 Å². The first kappa shape index (κ1) is 20.5. The number of carboxylic acid groups (broad SMARTS) is 1. The van der Waals surface area contributed by atoms with E-state index in [0.717, 1.165) is 40.8 Å². The molecule has 4 rings (SSSR count). The number of benzene rings is 2. The lowest BCUT2D eigenvalue weighted by molar-refractivity contribution is -0.137. The Morgan fingerprint density at radius 1 is 0.935 bits per heavy atom. The van der Waals surface area contributed by atoms with Crippen LogP contribution in [0.15, 0.2) is 79.1 Å². The number of aliphatic carboxylic acids is 1. The molecule has 0 fully saturated rings. The largest absolute Gasteiger partial charge is 0.481 e. The van der Waals surface area contributed by atoms with Crippen molar-refractivity contribution in [2.45, 2.75) is 32.2 Å². The van der Waals surface area contributed by atoms with E-state index < -0.39 is 5.97 Å². The van der Waals surface area contributed by atoms with Gasteiger partial charge >= 0.3 is 5.97 Å². The highest BCUT2D eigenvalue weighted by Crippen LogP contribution is 2.38. The molecule has 31 heavy (non-hydrogen) atoms. The highest BCUT2D eigenvalue weighted by atomic mass is 16.4. The van der Waals surface area contributed by atoms with Crippen molar-refractivity contribution in [2.75, 3.05) is 4.90 Å². The summed E-state index contributed by atoms with van der Waals surface area (Å²) in [6, 6.07) is 19.7. The summed E-state index contributed by atoms with van der Waals surface area (Å²) >= 11 is 0. The number of unbranched alkanes of at least 4 members (excludes halogenated alkanes) is 2. The summed E-state index contributed by atoms with van der Waals surface area (Å²) < 4.78 is 0. The zero-order valence-electron chi connectivity index (χ0n) is 17.2. The Morgan fingerprint density at radius 3 is 2.52 bits per heavy atom. The van der Waals surface area contributed by atoms with Gasteiger partial charge in [0.1, 0.15) is 0 Å². The third-order valence-electron chi connectivity index (χ3n) is 5.45. The number of carbonyl (C=O) groups excluding carboxylic acids is 1. The van der Waals surface area contributed by atoms with Gasteiger partial charge in [0, 0.05) is 29.9 Å². The van der Waals surface area contributed by atoms with Crippen LogP contribution in [0.1, 0.15) is 52.7 Å². The minimum atomic E-state index is -0.774. The van der Waals surface area contributed by atoms with Gasteiger partial charge in [0.05, 0.1) is 17.8 Å². The van der Waals surface area contributed by atoms with E-state index in [1.807, 2.05) is 59.5 Å². The molecule has 0 saturated heterocycles. The minimum absolute atomic E-state index is 0.0528. The first-order chi connectivity index (χ1) is 15.1. The average molecular weight is 412 g/mol. The number of carbonyl (C=O) groups is 2. The van der Waals surface area contributed by atoms with Gasteiger partial charge < -0.3 is 10.0 Å². The number of para-hydroxylation sites is 1. The van der Waals surface area contributed by atoms with Gasteiger partial charge in [-0.3, -0.25) is 14.6 Å². The molecular weight excluding hydrogens is 388 g/mol. The van der Waals surface area contributed by atoms with E-state index in [9.17, 15) is 9.59 Å². The summed E-state index contributed by atoms with van der Waals surface area (Å²) in [5.41, 5.74) is 5.31. The predicted molar refractivity (Wildman–Crippen MR) is 121 cm³/mol. The number of anilines is 1. The molecule has 0 radical (unpaired) electrons. The Bertz CT molecular complexity index is 1120. The van der Waals surface area contributed by atoms with E-state index in [0.29, 0.717) is 18.5 Å². The molecule has 0 unspecified atom stereocenters. The van der Waals surface area contributed by atoms with E-state index in [4.69, 9.17) is 5.11 Å². The van der Waals surface area contributed by atoms with E-state index in [1.54, 1.807) is 18.5 Å². The van der Waals surface area contributed by atoms with Crippen LogP contribution >= 0.6 is 0 Å². The Morgan fingerprint density at radius 2 is 1.71 bits per heavy atom. The van der Waals surface area contributed by atoms with Crippen LogP contribution in [0.3, 0.4) is 0 Å². The molecule has 1 amide bonds. The molecule has 1 aliphatic heterocycles. The molecule has 1 aromatic heterocycles. The highest BCUT2D eigenvalue weighted by Gasteiger charge is 2.29. The predicted octanol–water partition coefficient (Wildman–Crippen LogP) is 5.32. The van der Waals surface area contributed by atoms with Gasteiger partial charge in [-0.2, -0.15) is 0 Å². The number of fused-ring (bicyclic) bond motifs is 2. The maximum Gasteiger partial charge on any atom is 0.303 e. The summed E-state index contributed by atoms with van der Waals surface area (Å²) in [6.07, 6.45) is 7.81. The van der Waals surface area contributed by atoms with Crippen LogP contribution in [-0.4, -0.2) is 22.0 Å². The smallest absolute Gasteiger partial charge is 0.303 e. The minimum Gasteiger partial charge on any atom is -0.481 e. The first-order valence-electron chi connectivity index (χ1n) is 10.5. The Balaban J connectivity index is 1.76. The third kappa shape index (κ3) is 4.56. The highest BCUT2D eigenvalue weighted by molar-refractivity contribution is 6.13. The van der Waals surface area contributed by atoms with E-state index in [2.05, 4.69) is 11.1 Å². The maximum atomic E-state index is 13.6. The second-order valence-corrected chi connectivity index (χ2v) is 7.57. The van der Waals surface area contributed by atoms with E-state index >= 15 is 0 Å². The summed E-state index contributed by atoms with van der Waals surface area (Å²) in [7, 11) is 0. The fraction of sp³-hybridized carbons (Fsp3) is 0.192. The summed E-state index contributed by atoms with van der Waals surface area (Å²) in [6.45, 7) is 0.477. The van der Waals surface area contributed by atoms with Gasteiger partial charge in [-0.1, -0.05) is 54.6 Å². The fourth-order valence-electron chi connectivity index (χ4n) is 3.94. The van der Waals surface area contributed by atoms with Crippen molar-refractivity contribution in [2.24, 2.45) is 0 Å². The molecule has 0 spiro atoms. The van der Waals surface area contributed by atoms with Gasteiger partial charge in [-0.15, -0.1) is 0 Å². The SMILES string of the molecule is O=C(O)CCCCC=C1c2cnccc2C(=O)N(Cc2ccccc2)c2ccccc21. The van der Waals surface area contributed by atoms with Crippen LogP contribution in [0.25, 0.3) is 5.57 Å². The number of hydrogen-bond acceptors (Lipinski definition) is 3. The summed E-state index contributed by atoms with van der Waals surface area (Å²) in [5, 5.41) is 8.87. The molecule has 1 N–H and O–H groups in total. The maximum absolute atomic E-state index is 13.6. The summed E-state index contributed by atoms with van der Waals surface area (Å²) in [5.74, 6) is -0.827. The lowest BCUT2D eigenvalue weighted by atomic mass is 9.94. The number of hydrogen-bond donors (Lipinski definition) is 1. The quantitative estimate of drug-likeness (QED) is 0.533. The number of amides is 1. The normalized spacial score (nSPS) is 14.1. The van der Waals surface area contributed by atoms with Crippen LogP contribution in [0.4, 0.5) is 5.69 Å². The molecule has 1 aliphatic rings. The number of allylic oxidation sites excluding steroid dienone is 1. The number of rotatable bonds is 7. The molecule has 2 heterocycles. The molecule has 5 heteroatoms. The standard InChI is InChI=1S/C26H24N2O3/c29-25(30)14-6-2-5-11-20-21-12-7-8-13-24(21)28(18-19-9-3-1-4-10-19)26(31)22-15-16-27-17-23(20)22/h1,3-4,7-13,15-17H,2,5-6,14,18H2,(H,29,30). The van der Waals surface area contributed by atoms with Crippen LogP contribution in [0, 0.1) is 0 Å². The van der Waals surface area contributed by atoms with Crippen molar-refractivity contribution >= 4 is 23.1 Å². The zero-order valence-corrected chi connectivity index (χ0v) is 17.2. The molecule has 0 saturated carbocycles. The molecule has 5 nitrogen and oxygen atoms in total. The van der Waals surface area contributed by atoms with Crippen LogP contribution in [-0.2, 0) is 11.3 Å². The number of carboxylic acids is 1. The van der Waals surface area contributed by atoms with Gasteiger partial charge in [-0.05, 0) is 42.5 Å². The topological polar surface area (TPSA) is 70.5 Å². The molecule has 0 atom stereocenters. The molecule has 0 bridgehead atoms. The van der Waals surface area contributed by atoms with Crippen LogP contribution < -0.4 is 4.90 Å². The van der Waals surface area contributed by atoms with Gasteiger partial charge in [0.2, 0.25) is 0 Å². The average Bonchev–Trinajstić information content (AvgIpc) is 2.89. The number of aromatic nitrogens is 1. The monoisotopic (exact) mass is 412 g/mol. The molecule has 3 aromatic rings. The van der Waals surface area contributed by atoms with Gasteiger partial charge in [-0.25, -0.2) is 0 Å². The molecular formula is C26H24N2O3. The molecule has 0 aliphatic carbocycles. The van der Waals surface area contributed by atoms with Crippen molar-refractivity contribution in [3.05, 3.63) is 101 Å². The number of nitrogens with zero attached hydrogens (tertiary/aromatic N) is 2. The van der Waals surface area contributed by atoms with Crippen molar-refractivity contribution in [3.63, 3.8) is 0 Å². The van der Waals surface area contributed by atoms with Crippen molar-refractivity contribution in [3.8, 4) is 0 Å².